The number of aromatic nitrogens is 2. The summed E-state index contributed by atoms with van der Waals surface area (Å²) in [6, 6.07) is 7.54. The molecule has 4 nitrogen and oxygen atoms in total. The van der Waals surface area contributed by atoms with Crippen molar-refractivity contribution in [2.24, 2.45) is 5.73 Å². The van der Waals surface area contributed by atoms with Crippen molar-refractivity contribution in [1.82, 2.24) is 9.78 Å². The predicted octanol–water partition coefficient (Wildman–Crippen LogP) is 2.43. The minimum atomic E-state index is 0.643. The number of hydrogen-bond acceptors (Lipinski definition) is 3. The van der Waals surface area contributed by atoms with Crippen molar-refractivity contribution in [1.29, 1.82) is 0 Å². The third-order valence-electron chi connectivity index (χ3n) is 2.72. The second-order valence-electron chi connectivity index (χ2n) is 3.93. The van der Waals surface area contributed by atoms with Crippen LogP contribution in [0.1, 0.15) is 12.0 Å². The molecule has 0 saturated carbocycles. The first-order valence-electron chi connectivity index (χ1n) is 5.83. The van der Waals surface area contributed by atoms with Gasteiger partial charge in [-0.25, -0.2) is 0 Å². The van der Waals surface area contributed by atoms with Crippen molar-refractivity contribution in [3.63, 3.8) is 0 Å². The summed E-state index contributed by atoms with van der Waals surface area (Å²) >= 11 is 6.16. The summed E-state index contributed by atoms with van der Waals surface area (Å²) in [5.74, 6) is 0.719. The van der Waals surface area contributed by atoms with E-state index in [-0.39, 0.29) is 0 Å². The minimum Gasteiger partial charge on any atom is -0.481 e. The fraction of sp³-hybridized carbons (Fsp3) is 0.308. The molecular weight excluding hydrogens is 250 g/mol. The number of nitrogens with zero attached hydrogens (tertiary/aromatic N) is 2. The SMILES string of the molecule is COc1c(CCCN)cnn1-c1ccccc1Cl. The number of benzene rings is 1. The van der Waals surface area contributed by atoms with Crippen LogP contribution >= 0.6 is 11.6 Å². The van der Waals surface area contributed by atoms with Crippen molar-refractivity contribution >= 4 is 11.6 Å². The van der Waals surface area contributed by atoms with E-state index in [0.717, 1.165) is 30.0 Å². The van der Waals surface area contributed by atoms with Crippen LogP contribution in [0.2, 0.25) is 5.02 Å². The average molecular weight is 266 g/mol. The van der Waals surface area contributed by atoms with Crippen LogP contribution in [-0.2, 0) is 6.42 Å². The molecule has 0 fully saturated rings. The van der Waals surface area contributed by atoms with Crippen molar-refractivity contribution in [2.45, 2.75) is 12.8 Å². The van der Waals surface area contributed by atoms with Crippen LogP contribution < -0.4 is 10.5 Å². The smallest absolute Gasteiger partial charge is 0.219 e. The van der Waals surface area contributed by atoms with Crippen LogP contribution in [0.4, 0.5) is 0 Å². The van der Waals surface area contributed by atoms with Crippen molar-refractivity contribution in [3.05, 3.63) is 41.0 Å². The lowest BCUT2D eigenvalue weighted by Crippen LogP contribution is -2.03. The maximum atomic E-state index is 6.16. The van der Waals surface area contributed by atoms with Gasteiger partial charge in [0.25, 0.3) is 0 Å². The average Bonchev–Trinajstić information content (AvgIpc) is 2.79. The molecule has 0 spiro atoms. The van der Waals surface area contributed by atoms with Gasteiger partial charge in [-0.05, 0) is 31.5 Å². The molecule has 1 aromatic heterocycles. The Kier molecular flexibility index (Phi) is 4.23. The molecule has 0 aliphatic rings. The Labute approximate surface area is 111 Å². The molecule has 0 saturated heterocycles. The van der Waals surface area contributed by atoms with E-state index in [1.54, 1.807) is 18.0 Å². The monoisotopic (exact) mass is 265 g/mol. The maximum absolute atomic E-state index is 6.16. The van der Waals surface area contributed by atoms with Gasteiger partial charge in [0.1, 0.15) is 0 Å². The van der Waals surface area contributed by atoms with Crippen LogP contribution in [0.15, 0.2) is 30.5 Å². The van der Waals surface area contributed by atoms with Crippen LogP contribution in [0.3, 0.4) is 0 Å². The summed E-state index contributed by atoms with van der Waals surface area (Å²) in [6.45, 7) is 0.653. The van der Waals surface area contributed by atoms with Gasteiger partial charge in [0.2, 0.25) is 5.88 Å². The fourth-order valence-electron chi connectivity index (χ4n) is 1.85. The molecule has 18 heavy (non-hydrogen) atoms. The molecule has 5 heteroatoms. The molecule has 0 aliphatic carbocycles. The Balaban J connectivity index is 2.40. The normalized spacial score (nSPS) is 10.6. The second kappa shape index (κ2) is 5.89. The summed E-state index contributed by atoms with van der Waals surface area (Å²) in [4.78, 5) is 0. The maximum Gasteiger partial charge on any atom is 0.219 e. The molecule has 0 unspecified atom stereocenters. The largest absolute Gasteiger partial charge is 0.481 e. The van der Waals surface area contributed by atoms with E-state index >= 15 is 0 Å². The van der Waals surface area contributed by atoms with Crippen LogP contribution in [0, 0.1) is 0 Å². The Morgan fingerprint density at radius 3 is 2.83 bits per heavy atom. The first-order chi connectivity index (χ1) is 8.77. The quantitative estimate of drug-likeness (QED) is 0.903. The predicted molar refractivity (Wildman–Crippen MR) is 72.5 cm³/mol. The van der Waals surface area contributed by atoms with Gasteiger partial charge >= 0.3 is 0 Å². The molecule has 0 amide bonds. The first-order valence-corrected chi connectivity index (χ1v) is 6.21. The van der Waals surface area contributed by atoms with E-state index in [9.17, 15) is 0 Å². The molecular formula is C13H16ClN3O. The van der Waals surface area contributed by atoms with E-state index in [4.69, 9.17) is 22.1 Å². The number of nitrogens with two attached hydrogens (primary N) is 1. The highest BCUT2D eigenvalue weighted by Crippen LogP contribution is 2.27. The molecule has 0 bridgehead atoms. The molecule has 0 aliphatic heterocycles. The van der Waals surface area contributed by atoms with E-state index in [1.807, 2.05) is 24.3 Å². The lowest BCUT2D eigenvalue weighted by Gasteiger charge is -2.09. The molecule has 2 N–H and O–H groups in total. The summed E-state index contributed by atoms with van der Waals surface area (Å²) in [7, 11) is 1.64. The lowest BCUT2D eigenvalue weighted by atomic mass is 10.2. The molecule has 0 atom stereocenters. The number of methoxy groups -OCH3 is 1. The molecule has 96 valence electrons. The zero-order valence-corrected chi connectivity index (χ0v) is 11.0. The van der Waals surface area contributed by atoms with Crippen LogP contribution in [0.25, 0.3) is 5.69 Å². The Morgan fingerprint density at radius 1 is 1.39 bits per heavy atom. The van der Waals surface area contributed by atoms with E-state index in [2.05, 4.69) is 5.10 Å². The van der Waals surface area contributed by atoms with Gasteiger partial charge in [-0.2, -0.15) is 9.78 Å². The van der Waals surface area contributed by atoms with Crippen molar-refractivity contribution in [3.8, 4) is 11.6 Å². The van der Waals surface area contributed by atoms with E-state index in [1.165, 1.54) is 0 Å². The number of para-hydroxylation sites is 1. The zero-order valence-electron chi connectivity index (χ0n) is 10.3. The third-order valence-corrected chi connectivity index (χ3v) is 3.04. The molecule has 2 rings (SSSR count). The Hall–Kier alpha value is -1.52. The molecule has 2 aromatic rings. The van der Waals surface area contributed by atoms with Gasteiger partial charge in [-0.15, -0.1) is 0 Å². The number of ether oxygens (including phenoxy) is 1. The number of halogens is 1. The minimum absolute atomic E-state index is 0.643. The molecule has 1 aromatic carbocycles. The van der Waals surface area contributed by atoms with Crippen molar-refractivity contribution < 1.29 is 4.74 Å². The standard InChI is InChI=1S/C13H16ClN3O/c1-18-13-10(5-4-8-15)9-16-17(13)12-7-3-2-6-11(12)14/h2-3,6-7,9H,4-5,8,15H2,1H3. The van der Waals surface area contributed by atoms with E-state index < -0.39 is 0 Å². The third kappa shape index (κ3) is 2.49. The van der Waals surface area contributed by atoms with Crippen molar-refractivity contribution in [2.75, 3.05) is 13.7 Å². The number of aryl methyl sites for hydroxylation is 1. The van der Waals surface area contributed by atoms with Gasteiger partial charge in [0, 0.05) is 5.56 Å². The van der Waals surface area contributed by atoms with Gasteiger partial charge in [-0.3, -0.25) is 0 Å². The van der Waals surface area contributed by atoms with Gasteiger partial charge in [0.15, 0.2) is 0 Å². The second-order valence-corrected chi connectivity index (χ2v) is 4.34. The summed E-state index contributed by atoms with van der Waals surface area (Å²) in [5.41, 5.74) is 7.38. The lowest BCUT2D eigenvalue weighted by molar-refractivity contribution is 0.379. The van der Waals surface area contributed by atoms with Crippen LogP contribution in [0.5, 0.6) is 5.88 Å². The van der Waals surface area contributed by atoms with Crippen LogP contribution in [-0.4, -0.2) is 23.4 Å². The Bertz CT molecular complexity index is 525. The van der Waals surface area contributed by atoms with Gasteiger partial charge in [-0.1, -0.05) is 23.7 Å². The zero-order chi connectivity index (χ0) is 13.0. The summed E-state index contributed by atoms with van der Waals surface area (Å²) in [5, 5.41) is 4.98. The van der Waals surface area contributed by atoms with Gasteiger partial charge < -0.3 is 10.5 Å². The fourth-order valence-corrected chi connectivity index (χ4v) is 2.06. The highest BCUT2D eigenvalue weighted by Gasteiger charge is 2.14. The molecule has 1 heterocycles. The highest BCUT2D eigenvalue weighted by molar-refractivity contribution is 6.32. The first kappa shape index (κ1) is 12.9. The Morgan fingerprint density at radius 2 is 2.17 bits per heavy atom. The molecule has 0 radical (unpaired) electrons. The summed E-state index contributed by atoms with van der Waals surface area (Å²) in [6.07, 6.45) is 3.56. The van der Waals surface area contributed by atoms with E-state index in [0.29, 0.717) is 11.6 Å². The topological polar surface area (TPSA) is 53.1 Å². The number of rotatable bonds is 5. The number of hydrogen-bond donors (Lipinski definition) is 1. The van der Waals surface area contributed by atoms with Gasteiger partial charge in [0.05, 0.1) is 24.0 Å². The summed E-state index contributed by atoms with van der Waals surface area (Å²) < 4.78 is 7.14. The highest BCUT2D eigenvalue weighted by atomic mass is 35.5.